The monoisotopic (exact) mass is 314 g/mol. The Morgan fingerprint density at radius 3 is 2.65 bits per heavy atom. The molecule has 4 heteroatoms. The standard InChI is InChI=1S/C19H26N2O2/c1-3-4-11-21-17-8-6-5-7-16(17)14(2)18(21)19(23)20-12-9-15(22)10-13-20/h5-8,15,22H,3-4,9-13H2,1-2H3. The number of amides is 1. The lowest BCUT2D eigenvalue weighted by atomic mass is 10.1. The van der Waals surface area contributed by atoms with Crippen molar-refractivity contribution in [2.45, 2.75) is 52.2 Å². The smallest absolute Gasteiger partial charge is 0.270 e. The van der Waals surface area contributed by atoms with Gasteiger partial charge in [-0.2, -0.15) is 0 Å². The summed E-state index contributed by atoms with van der Waals surface area (Å²) in [7, 11) is 0. The van der Waals surface area contributed by atoms with Crippen LogP contribution in [0.2, 0.25) is 0 Å². The Labute approximate surface area is 137 Å². The average Bonchev–Trinajstić information content (AvgIpc) is 2.85. The second-order valence-electron chi connectivity index (χ2n) is 6.52. The minimum absolute atomic E-state index is 0.113. The van der Waals surface area contributed by atoms with Crippen molar-refractivity contribution in [2.24, 2.45) is 0 Å². The van der Waals surface area contributed by atoms with Crippen molar-refractivity contribution in [2.75, 3.05) is 13.1 Å². The quantitative estimate of drug-likeness (QED) is 0.940. The lowest BCUT2D eigenvalue weighted by Crippen LogP contribution is -2.41. The van der Waals surface area contributed by atoms with Gasteiger partial charge in [-0.05, 0) is 37.8 Å². The molecule has 2 heterocycles. The molecule has 4 nitrogen and oxygen atoms in total. The van der Waals surface area contributed by atoms with Crippen LogP contribution in [-0.4, -0.2) is 39.7 Å². The molecule has 1 aromatic carbocycles. The van der Waals surface area contributed by atoms with E-state index < -0.39 is 0 Å². The van der Waals surface area contributed by atoms with Gasteiger partial charge in [0, 0.05) is 30.5 Å². The first-order valence-corrected chi connectivity index (χ1v) is 8.68. The SMILES string of the molecule is CCCCn1c(C(=O)N2CCC(O)CC2)c(C)c2ccccc21. The highest BCUT2D eigenvalue weighted by atomic mass is 16.3. The molecule has 1 amide bonds. The number of hydrogen-bond acceptors (Lipinski definition) is 2. The first-order chi connectivity index (χ1) is 11.1. The Balaban J connectivity index is 2.01. The third-order valence-corrected chi connectivity index (χ3v) is 4.91. The van der Waals surface area contributed by atoms with Crippen LogP contribution in [0.5, 0.6) is 0 Å². The highest BCUT2D eigenvalue weighted by Crippen LogP contribution is 2.28. The summed E-state index contributed by atoms with van der Waals surface area (Å²) >= 11 is 0. The van der Waals surface area contributed by atoms with Crippen molar-refractivity contribution < 1.29 is 9.90 Å². The van der Waals surface area contributed by atoms with Crippen molar-refractivity contribution in [3.8, 4) is 0 Å². The molecule has 124 valence electrons. The number of aliphatic hydroxyl groups is 1. The molecule has 0 saturated carbocycles. The number of aromatic nitrogens is 1. The Bertz CT molecular complexity index is 697. The number of unbranched alkanes of at least 4 members (excludes halogenated alkanes) is 1. The zero-order chi connectivity index (χ0) is 16.4. The van der Waals surface area contributed by atoms with E-state index in [0.29, 0.717) is 25.9 Å². The molecule has 0 atom stereocenters. The van der Waals surface area contributed by atoms with Gasteiger partial charge in [-0.25, -0.2) is 0 Å². The largest absolute Gasteiger partial charge is 0.393 e. The van der Waals surface area contributed by atoms with Crippen molar-refractivity contribution >= 4 is 16.8 Å². The zero-order valence-electron chi connectivity index (χ0n) is 14.1. The van der Waals surface area contributed by atoms with Crippen molar-refractivity contribution in [1.82, 2.24) is 9.47 Å². The van der Waals surface area contributed by atoms with Crippen LogP contribution in [-0.2, 0) is 6.54 Å². The number of nitrogens with zero attached hydrogens (tertiary/aromatic N) is 2. The predicted molar refractivity (Wildman–Crippen MR) is 92.7 cm³/mol. The number of aliphatic hydroxyl groups excluding tert-OH is 1. The first kappa shape index (κ1) is 16.1. The van der Waals surface area contributed by atoms with Crippen LogP contribution in [0.1, 0.15) is 48.7 Å². The summed E-state index contributed by atoms with van der Waals surface area (Å²) in [4.78, 5) is 15.0. The van der Waals surface area contributed by atoms with Gasteiger partial charge in [-0.1, -0.05) is 31.5 Å². The van der Waals surface area contributed by atoms with E-state index in [9.17, 15) is 9.90 Å². The van der Waals surface area contributed by atoms with E-state index in [1.165, 1.54) is 5.39 Å². The van der Waals surface area contributed by atoms with Gasteiger partial charge < -0.3 is 14.6 Å². The van der Waals surface area contributed by atoms with Crippen LogP contribution < -0.4 is 0 Å². The maximum absolute atomic E-state index is 13.1. The molecule has 23 heavy (non-hydrogen) atoms. The van der Waals surface area contributed by atoms with Gasteiger partial charge in [0.25, 0.3) is 5.91 Å². The van der Waals surface area contributed by atoms with E-state index in [1.54, 1.807) is 0 Å². The number of piperidine rings is 1. The molecule has 1 fully saturated rings. The molecule has 3 rings (SSSR count). The summed E-state index contributed by atoms with van der Waals surface area (Å²) in [6.07, 6.45) is 3.28. The second-order valence-corrected chi connectivity index (χ2v) is 6.52. The van der Waals surface area contributed by atoms with Gasteiger partial charge in [0.1, 0.15) is 5.69 Å². The van der Waals surface area contributed by atoms with E-state index in [2.05, 4.69) is 30.5 Å². The molecular weight excluding hydrogens is 288 g/mol. The number of carbonyl (C=O) groups excluding carboxylic acids is 1. The van der Waals surface area contributed by atoms with Gasteiger partial charge in [0.05, 0.1) is 6.10 Å². The molecule has 1 saturated heterocycles. The summed E-state index contributed by atoms with van der Waals surface area (Å²) < 4.78 is 2.20. The van der Waals surface area contributed by atoms with Crippen LogP contribution >= 0.6 is 0 Å². The molecule has 0 radical (unpaired) electrons. The predicted octanol–water partition coefficient (Wildman–Crippen LogP) is 3.35. The van der Waals surface area contributed by atoms with E-state index >= 15 is 0 Å². The molecule has 0 unspecified atom stereocenters. The van der Waals surface area contributed by atoms with Gasteiger partial charge in [-0.3, -0.25) is 4.79 Å². The Morgan fingerprint density at radius 2 is 1.96 bits per heavy atom. The highest BCUT2D eigenvalue weighted by molar-refractivity contribution is 6.01. The van der Waals surface area contributed by atoms with Gasteiger partial charge in [0.15, 0.2) is 0 Å². The molecule has 1 aromatic heterocycles. The van der Waals surface area contributed by atoms with E-state index in [1.807, 2.05) is 17.0 Å². The first-order valence-electron chi connectivity index (χ1n) is 8.68. The number of hydrogen-bond donors (Lipinski definition) is 1. The molecule has 1 aliphatic rings. The number of rotatable bonds is 4. The third kappa shape index (κ3) is 3.00. The Kier molecular flexibility index (Phi) is 4.71. The maximum Gasteiger partial charge on any atom is 0.270 e. The molecule has 1 aliphatic heterocycles. The second kappa shape index (κ2) is 6.75. The molecule has 0 spiro atoms. The minimum Gasteiger partial charge on any atom is -0.393 e. The fourth-order valence-electron chi connectivity index (χ4n) is 3.52. The summed E-state index contributed by atoms with van der Waals surface area (Å²) in [5, 5.41) is 10.8. The van der Waals surface area contributed by atoms with Crippen molar-refractivity contribution in [3.05, 3.63) is 35.5 Å². The van der Waals surface area contributed by atoms with Crippen LogP contribution in [0.25, 0.3) is 10.9 Å². The molecule has 1 N–H and O–H groups in total. The topological polar surface area (TPSA) is 45.5 Å². The third-order valence-electron chi connectivity index (χ3n) is 4.91. The zero-order valence-corrected chi connectivity index (χ0v) is 14.1. The summed E-state index contributed by atoms with van der Waals surface area (Å²) in [5.41, 5.74) is 3.06. The normalized spacial score (nSPS) is 16.2. The highest BCUT2D eigenvalue weighted by Gasteiger charge is 2.27. The lowest BCUT2D eigenvalue weighted by molar-refractivity contribution is 0.0537. The molecular formula is C19H26N2O2. The van der Waals surface area contributed by atoms with Crippen LogP contribution in [0.4, 0.5) is 0 Å². The lowest BCUT2D eigenvalue weighted by Gasteiger charge is -2.30. The molecule has 0 bridgehead atoms. The number of para-hydroxylation sites is 1. The maximum atomic E-state index is 13.1. The van der Waals surface area contributed by atoms with Crippen LogP contribution in [0.15, 0.2) is 24.3 Å². The fraction of sp³-hybridized carbons (Fsp3) is 0.526. The van der Waals surface area contributed by atoms with Crippen LogP contribution in [0.3, 0.4) is 0 Å². The van der Waals surface area contributed by atoms with Crippen LogP contribution in [0, 0.1) is 6.92 Å². The number of aryl methyl sites for hydroxylation is 2. The average molecular weight is 314 g/mol. The van der Waals surface area contributed by atoms with E-state index in [0.717, 1.165) is 36.2 Å². The van der Waals surface area contributed by atoms with Gasteiger partial charge >= 0.3 is 0 Å². The number of benzene rings is 1. The summed E-state index contributed by atoms with van der Waals surface area (Å²) in [6.45, 7) is 6.40. The van der Waals surface area contributed by atoms with Crippen molar-refractivity contribution in [3.63, 3.8) is 0 Å². The molecule has 0 aliphatic carbocycles. The number of carbonyl (C=O) groups is 1. The van der Waals surface area contributed by atoms with E-state index in [-0.39, 0.29) is 12.0 Å². The summed E-state index contributed by atoms with van der Waals surface area (Å²) in [6, 6.07) is 8.28. The Hall–Kier alpha value is -1.81. The summed E-state index contributed by atoms with van der Waals surface area (Å²) in [5.74, 6) is 0.113. The number of likely N-dealkylation sites (tertiary alicyclic amines) is 1. The Morgan fingerprint density at radius 1 is 1.26 bits per heavy atom. The fourth-order valence-corrected chi connectivity index (χ4v) is 3.52. The van der Waals surface area contributed by atoms with Gasteiger partial charge in [0.2, 0.25) is 0 Å². The van der Waals surface area contributed by atoms with Crippen molar-refractivity contribution in [1.29, 1.82) is 0 Å². The van der Waals surface area contributed by atoms with Gasteiger partial charge in [-0.15, -0.1) is 0 Å². The number of fused-ring (bicyclic) bond motifs is 1. The van der Waals surface area contributed by atoms with E-state index in [4.69, 9.17) is 0 Å². The minimum atomic E-state index is -0.258. The molecule has 2 aromatic rings.